The van der Waals surface area contributed by atoms with Crippen molar-refractivity contribution in [2.75, 3.05) is 40.4 Å². The van der Waals surface area contributed by atoms with Crippen LogP contribution < -0.4 is 0 Å². The van der Waals surface area contributed by atoms with E-state index in [9.17, 15) is 32.3 Å². The smallest absolute Gasteiger partial charge is 0.416 e. The number of carbonyl (C=O) groups is 4. The molecule has 2 aliphatic rings. The highest BCUT2D eigenvalue weighted by Gasteiger charge is 2.44. The number of hydrogen-bond acceptors (Lipinski definition) is 8. The molecular weight excluding hydrogens is 567 g/mol. The van der Waals surface area contributed by atoms with Gasteiger partial charge in [0, 0.05) is 23.9 Å². The molecule has 228 valence electrons. The Balaban J connectivity index is 1.69. The zero-order valence-corrected chi connectivity index (χ0v) is 24.2. The lowest BCUT2D eigenvalue weighted by Crippen LogP contribution is -2.39. The molecular formula is C31H32F3N3O6. The third kappa shape index (κ3) is 6.69. The number of carbonyl (C=O) groups excluding carboxylic acids is 4. The quantitative estimate of drug-likeness (QED) is 0.293. The van der Waals surface area contributed by atoms with Gasteiger partial charge in [-0.1, -0.05) is 30.3 Å². The van der Waals surface area contributed by atoms with Crippen molar-refractivity contribution in [3.63, 3.8) is 0 Å². The number of alkyl halides is 3. The number of hydrogen-bond donors (Lipinski definition) is 0. The first kappa shape index (κ1) is 31.6. The molecule has 2 aromatic carbocycles. The zero-order valence-electron chi connectivity index (χ0n) is 24.2. The topological polar surface area (TPSA) is 106 Å². The van der Waals surface area contributed by atoms with Gasteiger partial charge in [0.25, 0.3) is 11.8 Å². The lowest BCUT2D eigenvalue weighted by atomic mass is 9.74. The van der Waals surface area contributed by atoms with Crippen molar-refractivity contribution in [2.24, 2.45) is 10.9 Å². The zero-order chi connectivity index (χ0) is 31.5. The summed E-state index contributed by atoms with van der Waals surface area (Å²) in [5, 5.41) is 0. The number of imide groups is 1. The van der Waals surface area contributed by atoms with Gasteiger partial charge >= 0.3 is 18.1 Å². The van der Waals surface area contributed by atoms with Gasteiger partial charge in [-0.05, 0) is 58.1 Å². The van der Waals surface area contributed by atoms with Gasteiger partial charge in [-0.25, -0.2) is 4.79 Å². The van der Waals surface area contributed by atoms with Crippen molar-refractivity contribution in [3.05, 3.63) is 82.1 Å². The van der Waals surface area contributed by atoms with Crippen LogP contribution >= 0.6 is 0 Å². The second-order valence-electron chi connectivity index (χ2n) is 10.4. The fraction of sp³-hybridized carbons (Fsp3) is 0.387. The van der Waals surface area contributed by atoms with Gasteiger partial charge in [0.15, 0.2) is 0 Å². The van der Waals surface area contributed by atoms with Crippen LogP contribution in [0.2, 0.25) is 0 Å². The van der Waals surface area contributed by atoms with E-state index in [0.717, 1.165) is 17.0 Å². The number of amides is 2. The van der Waals surface area contributed by atoms with Crippen LogP contribution in [0.3, 0.4) is 0 Å². The summed E-state index contributed by atoms with van der Waals surface area (Å²) in [5.41, 5.74) is 0.0560. The van der Waals surface area contributed by atoms with Gasteiger partial charge < -0.3 is 14.4 Å². The highest BCUT2D eigenvalue weighted by Crippen LogP contribution is 2.42. The van der Waals surface area contributed by atoms with Crippen LogP contribution in [0.1, 0.15) is 58.0 Å². The van der Waals surface area contributed by atoms with E-state index in [0.29, 0.717) is 18.7 Å². The van der Waals surface area contributed by atoms with Crippen molar-refractivity contribution >= 4 is 29.5 Å². The fourth-order valence-corrected chi connectivity index (χ4v) is 5.27. The number of fused-ring (bicyclic) bond motifs is 1. The minimum absolute atomic E-state index is 0.00830. The lowest BCUT2D eigenvalue weighted by molar-refractivity contribution is -0.146. The third-order valence-electron chi connectivity index (χ3n) is 7.28. The number of esters is 2. The average molecular weight is 600 g/mol. The highest BCUT2D eigenvalue weighted by atomic mass is 19.4. The molecule has 43 heavy (non-hydrogen) atoms. The van der Waals surface area contributed by atoms with Crippen LogP contribution in [0.5, 0.6) is 0 Å². The first-order valence-electron chi connectivity index (χ1n) is 13.7. The fourth-order valence-electron chi connectivity index (χ4n) is 5.27. The molecule has 12 heteroatoms. The maximum absolute atomic E-state index is 13.7. The maximum atomic E-state index is 13.7. The van der Waals surface area contributed by atoms with Crippen LogP contribution in [0, 0.1) is 5.92 Å². The monoisotopic (exact) mass is 599 g/mol. The summed E-state index contributed by atoms with van der Waals surface area (Å²) in [6.45, 7) is 3.01. The third-order valence-corrected chi connectivity index (χ3v) is 7.28. The largest absolute Gasteiger partial charge is 0.465 e. The number of halogens is 3. The Morgan fingerprint density at radius 2 is 1.65 bits per heavy atom. The number of rotatable bonds is 10. The van der Waals surface area contributed by atoms with Gasteiger partial charge in [-0.15, -0.1) is 0 Å². The first-order valence-corrected chi connectivity index (χ1v) is 13.7. The number of nitrogens with zero attached hydrogens (tertiary/aromatic N) is 3. The summed E-state index contributed by atoms with van der Waals surface area (Å²) in [5.74, 6) is -5.09. The summed E-state index contributed by atoms with van der Waals surface area (Å²) in [6.07, 6.45) is -4.37. The van der Waals surface area contributed by atoms with Crippen LogP contribution in [0.15, 0.2) is 64.8 Å². The standard InChI is InChI=1S/C31H32F3N3O6/c1-5-42-30(41)26-23(13-14-36(3)4)35-18(2)24(25(26)19-9-8-10-20(17-19)31(32,33)34)29(40)43-16-15-37-27(38)21-11-6-7-12-22(21)28(37)39/h6-12,17,25-26H,5,13-16H2,1-4H3. The number of benzene rings is 2. The average Bonchev–Trinajstić information content (AvgIpc) is 3.20. The van der Waals surface area contributed by atoms with Crippen LogP contribution in [-0.4, -0.2) is 79.7 Å². The lowest BCUT2D eigenvalue weighted by Gasteiger charge is -2.33. The van der Waals surface area contributed by atoms with E-state index in [2.05, 4.69) is 4.99 Å². The van der Waals surface area contributed by atoms with Gasteiger partial charge in [-0.3, -0.25) is 24.3 Å². The van der Waals surface area contributed by atoms with Gasteiger partial charge in [0.05, 0.1) is 35.4 Å². The summed E-state index contributed by atoms with van der Waals surface area (Å²) < 4.78 is 52.0. The molecule has 0 fully saturated rings. The van der Waals surface area contributed by atoms with Crippen molar-refractivity contribution in [3.8, 4) is 0 Å². The molecule has 0 radical (unpaired) electrons. The molecule has 2 amide bonds. The molecule has 2 unspecified atom stereocenters. The molecule has 0 saturated carbocycles. The number of aliphatic imine (C=N–C) groups is 1. The Bertz CT molecular complexity index is 1460. The van der Waals surface area contributed by atoms with E-state index in [4.69, 9.17) is 9.47 Å². The number of allylic oxidation sites excluding steroid dienone is 1. The van der Waals surface area contributed by atoms with E-state index in [1.165, 1.54) is 31.2 Å². The molecule has 2 aliphatic heterocycles. The molecule has 4 rings (SSSR count). The first-order chi connectivity index (χ1) is 20.3. The van der Waals surface area contributed by atoms with Gasteiger partial charge in [-0.2, -0.15) is 13.2 Å². The maximum Gasteiger partial charge on any atom is 0.416 e. The van der Waals surface area contributed by atoms with Gasteiger partial charge in [0.1, 0.15) is 12.5 Å². The predicted octanol–water partition coefficient (Wildman–Crippen LogP) is 4.49. The van der Waals surface area contributed by atoms with Crippen LogP contribution in [0.25, 0.3) is 0 Å². The minimum atomic E-state index is -4.67. The van der Waals surface area contributed by atoms with Crippen molar-refractivity contribution in [2.45, 2.75) is 32.4 Å². The van der Waals surface area contributed by atoms with E-state index in [1.54, 1.807) is 19.1 Å². The predicted molar refractivity (Wildman–Crippen MR) is 150 cm³/mol. The van der Waals surface area contributed by atoms with Crippen molar-refractivity contribution in [1.29, 1.82) is 0 Å². The Morgan fingerprint density at radius 1 is 1.00 bits per heavy atom. The molecule has 2 atom stereocenters. The SMILES string of the molecule is CCOC(=O)C1C(CCN(C)C)=NC(C)=C(C(=O)OCCN2C(=O)c3ccccc3C2=O)C1c1cccc(C(F)(F)F)c1. The van der Waals surface area contributed by atoms with Crippen LogP contribution in [0.4, 0.5) is 13.2 Å². The van der Waals surface area contributed by atoms with E-state index >= 15 is 0 Å². The Labute approximate surface area is 247 Å². The molecule has 0 aliphatic carbocycles. The molecule has 0 saturated heterocycles. The number of ether oxygens (including phenoxy) is 2. The summed E-state index contributed by atoms with van der Waals surface area (Å²) in [7, 11) is 3.65. The molecule has 0 spiro atoms. The Morgan fingerprint density at radius 3 is 2.23 bits per heavy atom. The summed E-state index contributed by atoms with van der Waals surface area (Å²) in [4.78, 5) is 59.8. The molecule has 0 bridgehead atoms. The van der Waals surface area contributed by atoms with Crippen molar-refractivity contribution in [1.82, 2.24) is 9.80 Å². The van der Waals surface area contributed by atoms with Gasteiger partial charge in [0.2, 0.25) is 0 Å². The molecule has 2 heterocycles. The van der Waals surface area contributed by atoms with Crippen LogP contribution in [-0.2, 0) is 25.2 Å². The minimum Gasteiger partial charge on any atom is -0.465 e. The molecule has 9 nitrogen and oxygen atoms in total. The second kappa shape index (κ2) is 12.9. The molecule has 0 aromatic heterocycles. The normalized spacial score (nSPS) is 18.6. The van der Waals surface area contributed by atoms with E-state index < -0.39 is 47.3 Å². The summed E-state index contributed by atoms with van der Waals surface area (Å²) >= 11 is 0. The highest BCUT2D eigenvalue weighted by molar-refractivity contribution is 6.21. The van der Waals surface area contributed by atoms with Crippen molar-refractivity contribution < 1.29 is 41.8 Å². The Kier molecular flexibility index (Phi) is 9.49. The van der Waals surface area contributed by atoms with E-state index in [1.807, 2.05) is 19.0 Å². The Hall–Kier alpha value is -4.32. The molecule has 0 N–H and O–H groups in total. The summed E-state index contributed by atoms with van der Waals surface area (Å²) in [6, 6.07) is 10.8. The van der Waals surface area contributed by atoms with E-state index in [-0.39, 0.29) is 47.7 Å². The molecule has 2 aromatic rings. The second-order valence-corrected chi connectivity index (χ2v) is 10.4.